The van der Waals surface area contributed by atoms with Gasteiger partial charge in [-0.1, -0.05) is 49.9 Å². The Morgan fingerprint density at radius 2 is 1.88 bits per heavy atom. The molecule has 0 saturated heterocycles. The van der Waals surface area contributed by atoms with Crippen LogP contribution in [0.3, 0.4) is 0 Å². The molecule has 2 aromatic carbocycles. The van der Waals surface area contributed by atoms with Crippen molar-refractivity contribution in [3.05, 3.63) is 65.4 Å². The van der Waals surface area contributed by atoms with Crippen LogP contribution in [0.5, 0.6) is 11.5 Å². The molecule has 0 aliphatic rings. The second-order valence-corrected chi connectivity index (χ2v) is 7.69. The number of anilines is 1. The Morgan fingerprint density at radius 1 is 1.06 bits per heavy atom. The maximum atomic E-state index is 12.7. The molecule has 0 aliphatic heterocycles. The predicted octanol–water partition coefficient (Wildman–Crippen LogP) is 6.70. The van der Waals surface area contributed by atoms with Gasteiger partial charge in [0, 0.05) is 12.0 Å². The molecule has 0 fully saturated rings. The van der Waals surface area contributed by atoms with Crippen LogP contribution in [0.25, 0.3) is 0 Å². The number of carbonyl (C=O) groups excluding carboxylic acids is 1. The molecule has 0 aliphatic carbocycles. The van der Waals surface area contributed by atoms with Gasteiger partial charge in [0.05, 0.1) is 23.6 Å². The standard InChI is InChI=1S/C25H30ClNO5/c1-2-3-4-5-6-9-16-31-22-15-14-19(18-20(22)26)25(30)27-21-11-7-8-12-23(21)32-17-10-13-24(28)29/h7-9,11-12,14-16,18H,2-6,10,13,17H2,1H3,(H,27,30)(H,28,29). The number of nitrogens with one attached hydrogen (secondary N) is 1. The third kappa shape index (κ3) is 9.02. The van der Waals surface area contributed by atoms with Gasteiger partial charge in [0.15, 0.2) is 0 Å². The highest BCUT2D eigenvalue weighted by Crippen LogP contribution is 2.28. The first-order valence-corrected chi connectivity index (χ1v) is 11.2. The first-order chi connectivity index (χ1) is 15.5. The first-order valence-electron chi connectivity index (χ1n) is 10.9. The van der Waals surface area contributed by atoms with E-state index in [2.05, 4.69) is 12.2 Å². The van der Waals surface area contributed by atoms with Crippen molar-refractivity contribution in [2.75, 3.05) is 11.9 Å². The number of aliphatic carboxylic acids is 1. The minimum Gasteiger partial charge on any atom is -0.491 e. The van der Waals surface area contributed by atoms with E-state index in [1.807, 2.05) is 6.08 Å². The van der Waals surface area contributed by atoms with Gasteiger partial charge in [-0.2, -0.15) is 0 Å². The number of carboxylic acid groups (broad SMARTS) is 1. The number of unbranched alkanes of at least 4 members (excludes halogenated alkanes) is 4. The number of hydrogen-bond donors (Lipinski definition) is 2. The topological polar surface area (TPSA) is 84.9 Å². The predicted molar refractivity (Wildman–Crippen MR) is 127 cm³/mol. The van der Waals surface area contributed by atoms with Crippen LogP contribution in [0.1, 0.15) is 62.2 Å². The number of benzene rings is 2. The molecular weight excluding hydrogens is 430 g/mol. The molecule has 2 N–H and O–H groups in total. The third-order valence-electron chi connectivity index (χ3n) is 4.64. The lowest BCUT2D eigenvalue weighted by Crippen LogP contribution is -2.13. The largest absolute Gasteiger partial charge is 0.491 e. The normalized spacial score (nSPS) is 10.8. The second-order valence-electron chi connectivity index (χ2n) is 7.28. The Morgan fingerprint density at radius 3 is 2.62 bits per heavy atom. The maximum absolute atomic E-state index is 12.7. The summed E-state index contributed by atoms with van der Waals surface area (Å²) in [5.41, 5.74) is 0.877. The fraction of sp³-hybridized carbons (Fsp3) is 0.360. The van der Waals surface area contributed by atoms with Gasteiger partial charge in [-0.25, -0.2) is 0 Å². The van der Waals surface area contributed by atoms with Crippen molar-refractivity contribution in [3.8, 4) is 11.5 Å². The van der Waals surface area contributed by atoms with Gasteiger partial charge < -0.3 is 19.9 Å². The van der Waals surface area contributed by atoms with Gasteiger partial charge in [0.2, 0.25) is 0 Å². The summed E-state index contributed by atoms with van der Waals surface area (Å²) in [5.74, 6) is -0.259. The van der Waals surface area contributed by atoms with Crippen molar-refractivity contribution in [2.45, 2.75) is 51.9 Å². The molecule has 2 aromatic rings. The smallest absolute Gasteiger partial charge is 0.303 e. The van der Waals surface area contributed by atoms with Crippen LogP contribution in [0.2, 0.25) is 5.02 Å². The second kappa shape index (κ2) is 14.1. The Bertz CT molecular complexity index is 913. The number of halogens is 1. The van der Waals surface area contributed by atoms with E-state index < -0.39 is 5.97 Å². The van der Waals surface area contributed by atoms with Crippen LogP contribution in [-0.2, 0) is 4.79 Å². The van der Waals surface area contributed by atoms with E-state index in [0.717, 1.165) is 12.8 Å². The number of allylic oxidation sites excluding steroid dienone is 1. The summed E-state index contributed by atoms with van der Waals surface area (Å²) in [5, 5.41) is 11.9. The molecule has 0 atom stereocenters. The van der Waals surface area contributed by atoms with Gasteiger partial charge in [-0.05, 0) is 55.7 Å². The van der Waals surface area contributed by atoms with Crippen LogP contribution in [0.4, 0.5) is 5.69 Å². The summed E-state index contributed by atoms with van der Waals surface area (Å²) >= 11 is 6.29. The molecule has 0 aromatic heterocycles. The van der Waals surface area contributed by atoms with E-state index in [1.165, 1.54) is 19.3 Å². The highest BCUT2D eigenvalue weighted by molar-refractivity contribution is 6.32. The number of carboxylic acids is 1. The third-order valence-corrected chi connectivity index (χ3v) is 4.93. The molecule has 0 heterocycles. The van der Waals surface area contributed by atoms with E-state index in [0.29, 0.717) is 34.2 Å². The van der Waals surface area contributed by atoms with E-state index >= 15 is 0 Å². The molecule has 0 bridgehead atoms. The van der Waals surface area contributed by atoms with Gasteiger partial charge in [-0.15, -0.1) is 0 Å². The Labute approximate surface area is 194 Å². The lowest BCUT2D eigenvalue weighted by Gasteiger charge is -2.13. The highest BCUT2D eigenvalue weighted by atomic mass is 35.5. The molecule has 1 amide bonds. The fourth-order valence-electron chi connectivity index (χ4n) is 2.91. The summed E-state index contributed by atoms with van der Waals surface area (Å²) in [6.45, 7) is 2.42. The minimum atomic E-state index is -0.873. The molecule has 0 saturated carbocycles. The summed E-state index contributed by atoms with van der Waals surface area (Å²) in [6, 6.07) is 11.8. The number of para-hydroxylation sites is 2. The van der Waals surface area contributed by atoms with Gasteiger partial charge in [0.1, 0.15) is 11.5 Å². The van der Waals surface area contributed by atoms with E-state index in [1.54, 1.807) is 48.7 Å². The van der Waals surface area contributed by atoms with Gasteiger partial charge in [-0.3, -0.25) is 9.59 Å². The van der Waals surface area contributed by atoms with Crippen LogP contribution in [0, 0.1) is 0 Å². The summed E-state index contributed by atoms with van der Waals surface area (Å²) in [6.07, 6.45) is 9.75. The number of amides is 1. The van der Waals surface area contributed by atoms with Crippen molar-refractivity contribution >= 4 is 29.2 Å². The number of ether oxygens (including phenoxy) is 2. The van der Waals surface area contributed by atoms with Crippen molar-refractivity contribution in [2.24, 2.45) is 0 Å². The first kappa shape index (κ1) is 25.3. The van der Waals surface area contributed by atoms with Gasteiger partial charge in [0.25, 0.3) is 5.91 Å². The molecule has 0 radical (unpaired) electrons. The summed E-state index contributed by atoms with van der Waals surface area (Å²) in [7, 11) is 0. The molecule has 32 heavy (non-hydrogen) atoms. The average Bonchev–Trinajstić information content (AvgIpc) is 2.77. The molecule has 6 nitrogen and oxygen atoms in total. The van der Waals surface area contributed by atoms with E-state index in [9.17, 15) is 9.59 Å². The molecule has 172 valence electrons. The quantitative estimate of drug-likeness (QED) is 0.242. The van der Waals surface area contributed by atoms with Crippen molar-refractivity contribution in [3.63, 3.8) is 0 Å². The Balaban J connectivity index is 1.91. The lowest BCUT2D eigenvalue weighted by atomic mass is 10.1. The monoisotopic (exact) mass is 459 g/mol. The number of carbonyl (C=O) groups is 2. The van der Waals surface area contributed by atoms with Crippen molar-refractivity contribution in [1.29, 1.82) is 0 Å². The zero-order chi connectivity index (χ0) is 23.2. The summed E-state index contributed by atoms with van der Waals surface area (Å²) in [4.78, 5) is 23.3. The maximum Gasteiger partial charge on any atom is 0.303 e. The SMILES string of the molecule is CCCCCCC=COc1ccc(C(=O)Nc2ccccc2OCCCC(=O)O)cc1Cl. The number of hydrogen-bond acceptors (Lipinski definition) is 4. The average molecular weight is 460 g/mol. The summed E-state index contributed by atoms with van der Waals surface area (Å²) < 4.78 is 11.2. The van der Waals surface area contributed by atoms with Crippen LogP contribution >= 0.6 is 11.6 Å². The lowest BCUT2D eigenvalue weighted by molar-refractivity contribution is -0.137. The number of rotatable bonds is 14. The fourth-order valence-corrected chi connectivity index (χ4v) is 3.14. The van der Waals surface area contributed by atoms with E-state index in [-0.39, 0.29) is 18.9 Å². The minimum absolute atomic E-state index is 0.0233. The van der Waals surface area contributed by atoms with Crippen LogP contribution in [0.15, 0.2) is 54.8 Å². The molecular formula is C25H30ClNO5. The molecule has 0 unspecified atom stereocenters. The molecule has 0 spiro atoms. The zero-order valence-electron chi connectivity index (χ0n) is 18.3. The van der Waals surface area contributed by atoms with Crippen molar-refractivity contribution in [1.82, 2.24) is 0 Å². The zero-order valence-corrected chi connectivity index (χ0v) is 19.1. The highest BCUT2D eigenvalue weighted by Gasteiger charge is 2.12. The Hall–Kier alpha value is -2.99. The van der Waals surface area contributed by atoms with E-state index in [4.69, 9.17) is 26.2 Å². The van der Waals surface area contributed by atoms with Crippen molar-refractivity contribution < 1.29 is 24.2 Å². The van der Waals surface area contributed by atoms with Crippen LogP contribution < -0.4 is 14.8 Å². The molecule has 2 rings (SSSR count). The van der Waals surface area contributed by atoms with Crippen LogP contribution in [-0.4, -0.2) is 23.6 Å². The Kier molecular flexibility index (Phi) is 11.2. The molecule has 7 heteroatoms. The van der Waals surface area contributed by atoms with Gasteiger partial charge >= 0.3 is 5.97 Å².